The smallest absolute Gasteiger partial charge is 0.0670 e. The van der Waals surface area contributed by atoms with E-state index in [1.54, 1.807) is 7.11 Å². The van der Waals surface area contributed by atoms with Crippen LogP contribution in [-0.4, -0.2) is 61.8 Å². The Bertz CT molecular complexity index is 153. The molecule has 3 heteroatoms. The van der Waals surface area contributed by atoms with Crippen molar-refractivity contribution < 1.29 is 4.74 Å². The second-order valence-corrected chi connectivity index (χ2v) is 4.48. The third-order valence-corrected chi connectivity index (χ3v) is 3.05. The summed E-state index contributed by atoms with van der Waals surface area (Å²) in [7, 11) is 1.79. The molecule has 0 aromatic heterocycles. The van der Waals surface area contributed by atoms with Crippen LogP contribution in [0.1, 0.15) is 20.8 Å². The molecule has 0 radical (unpaired) electrons. The fourth-order valence-corrected chi connectivity index (χ4v) is 1.90. The maximum Gasteiger partial charge on any atom is 0.0670 e. The summed E-state index contributed by atoms with van der Waals surface area (Å²) in [6.07, 6.45) is 0.362. The van der Waals surface area contributed by atoms with Gasteiger partial charge in [-0.2, -0.15) is 0 Å². The maximum absolute atomic E-state index is 5.27. The minimum Gasteiger partial charge on any atom is -0.380 e. The molecule has 0 aromatic rings. The van der Waals surface area contributed by atoms with Gasteiger partial charge in [-0.3, -0.25) is 9.80 Å². The van der Waals surface area contributed by atoms with Gasteiger partial charge in [-0.1, -0.05) is 0 Å². The molecule has 0 amide bonds. The van der Waals surface area contributed by atoms with Gasteiger partial charge in [-0.05, 0) is 20.8 Å². The molecule has 1 saturated heterocycles. The monoisotopic (exact) mass is 200 g/mol. The highest BCUT2D eigenvalue weighted by atomic mass is 16.5. The van der Waals surface area contributed by atoms with Crippen molar-refractivity contribution in [3.63, 3.8) is 0 Å². The number of nitrogens with zero attached hydrogens (tertiary/aromatic N) is 2. The van der Waals surface area contributed by atoms with Crippen molar-refractivity contribution in [1.82, 2.24) is 9.80 Å². The van der Waals surface area contributed by atoms with Crippen LogP contribution in [0.25, 0.3) is 0 Å². The predicted octanol–water partition coefficient (Wildman–Crippen LogP) is 1.05. The Hall–Kier alpha value is -0.120. The average molecular weight is 200 g/mol. The summed E-state index contributed by atoms with van der Waals surface area (Å²) in [6, 6.07) is 0.692. The van der Waals surface area contributed by atoms with Gasteiger partial charge < -0.3 is 4.74 Å². The summed E-state index contributed by atoms with van der Waals surface area (Å²) in [6.45, 7) is 12.5. The molecule has 1 rings (SSSR count). The Kier molecular flexibility index (Phi) is 4.85. The Morgan fingerprint density at radius 1 is 1.07 bits per heavy atom. The normalized spacial score (nSPS) is 22.9. The van der Waals surface area contributed by atoms with Gasteiger partial charge in [0.05, 0.1) is 6.10 Å². The predicted molar refractivity (Wildman–Crippen MR) is 59.6 cm³/mol. The summed E-state index contributed by atoms with van der Waals surface area (Å²) >= 11 is 0. The molecule has 3 nitrogen and oxygen atoms in total. The molecule has 1 fully saturated rings. The molecule has 0 aliphatic carbocycles. The molecule has 0 saturated carbocycles. The first-order chi connectivity index (χ1) is 6.63. The van der Waals surface area contributed by atoms with Crippen molar-refractivity contribution in [2.24, 2.45) is 0 Å². The molecule has 1 aliphatic heterocycles. The van der Waals surface area contributed by atoms with Gasteiger partial charge in [-0.15, -0.1) is 0 Å². The molecule has 1 aliphatic rings. The minimum absolute atomic E-state index is 0.362. The topological polar surface area (TPSA) is 15.7 Å². The molecule has 0 unspecified atom stereocenters. The highest BCUT2D eigenvalue weighted by Crippen LogP contribution is 2.06. The Morgan fingerprint density at radius 2 is 1.64 bits per heavy atom. The van der Waals surface area contributed by atoms with Crippen LogP contribution in [0.2, 0.25) is 0 Å². The molecule has 1 atom stereocenters. The van der Waals surface area contributed by atoms with E-state index in [4.69, 9.17) is 4.74 Å². The summed E-state index contributed by atoms with van der Waals surface area (Å²) in [5.41, 5.74) is 0. The van der Waals surface area contributed by atoms with Crippen molar-refractivity contribution in [2.75, 3.05) is 39.8 Å². The third-order valence-electron chi connectivity index (χ3n) is 3.05. The van der Waals surface area contributed by atoms with Crippen molar-refractivity contribution in [1.29, 1.82) is 0 Å². The van der Waals surface area contributed by atoms with Crippen LogP contribution < -0.4 is 0 Å². The number of piperazine rings is 1. The van der Waals surface area contributed by atoms with Crippen molar-refractivity contribution in [2.45, 2.75) is 32.9 Å². The fraction of sp³-hybridized carbons (Fsp3) is 1.00. The molecule has 1 heterocycles. The van der Waals surface area contributed by atoms with E-state index in [1.807, 2.05) is 0 Å². The van der Waals surface area contributed by atoms with E-state index in [-0.39, 0.29) is 0 Å². The maximum atomic E-state index is 5.27. The van der Waals surface area contributed by atoms with E-state index in [2.05, 4.69) is 30.6 Å². The minimum atomic E-state index is 0.362. The summed E-state index contributed by atoms with van der Waals surface area (Å²) in [5, 5.41) is 0. The van der Waals surface area contributed by atoms with Gasteiger partial charge in [0.2, 0.25) is 0 Å². The Labute approximate surface area is 88.0 Å². The standard InChI is InChI=1S/C11H24N2O/c1-10(2)13-7-5-12(6-8-13)9-11(3)14-4/h10-11H,5-9H2,1-4H3/t11-/m1/s1. The zero-order valence-electron chi connectivity index (χ0n) is 9.99. The Morgan fingerprint density at radius 3 is 2.07 bits per heavy atom. The molecular formula is C11H24N2O. The van der Waals surface area contributed by atoms with Gasteiger partial charge in [0, 0.05) is 45.9 Å². The SMILES string of the molecule is CO[C@H](C)CN1CCN(C(C)C)CC1. The van der Waals surface area contributed by atoms with Crippen LogP contribution >= 0.6 is 0 Å². The zero-order chi connectivity index (χ0) is 10.6. The van der Waals surface area contributed by atoms with E-state index >= 15 is 0 Å². The van der Waals surface area contributed by atoms with Crippen LogP contribution in [0.3, 0.4) is 0 Å². The second-order valence-electron chi connectivity index (χ2n) is 4.48. The quantitative estimate of drug-likeness (QED) is 0.674. The summed E-state index contributed by atoms with van der Waals surface area (Å²) in [4.78, 5) is 5.03. The first-order valence-corrected chi connectivity index (χ1v) is 5.62. The third kappa shape index (κ3) is 3.56. The first kappa shape index (κ1) is 12.0. The Balaban J connectivity index is 2.22. The van der Waals surface area contributed by atoms with E-state index in [1.165, 1.54) is 26.2 Å². The summed E-state index contributed by atoms with van der Waals surface area (Å²) < 4.78 is 5.27. The highest BCUT2D eigenvalue weighted by molar-refractivity contribution is 4.75. The highest BCUT2D eigenvalue weighted by Gasteiger charge is 2.19. The van der Waals surface area contributed by atoms with Gasteiger partial charge in [0.15, 0.2) is 0 Å². The van der Waals surface area contributed by atoms with Gasteiger partial charge in [0.25, 0.3) is 0 Å². The van der Waals surface area contributed by atoms with Crippen LogP contribution in [0.5, 0.6) is 0 Å². The lowest BCUT2D eigenvalue weighted by molar-refractivity contribution is 0.0457. The molecule has 0 aromatic carbocycles. The van der Waals surface area contributed by atoms with Gasteiger partial charge in [-0.25, -0.2) is 0 Å². The van der Waals surface area contributed by atoms with Gasteiger partial charge >= 0.3 is 0 Å². The number of hydrogen-bond donors (Lipinski definition) is 0. The lowest BCUT2D eigenvalue weighted by Gasteiger charge is -2.37. The number of hydrogen-bond acceptors (Lipinski definition) is 3. The fourth-order valence-electron chi connectivity index (χ4n) is 1.90. The molecular weight excluding hydrogens is 176 g/mol. The lowest BCUT2D eigenvalue weighted by Crippen LogP contribution is -2.50. The van der Waals surface area contributed by atoms with Crippen LogP contribution in [0.4, 0.5) is 0 Å². The molecule has 0 N–H and O–H groups in total. The average Bonchev–Trinajstić information content (AvgIpc) is 2.18. The second kappa shape index (κ2) is 5.69. The van der Waals surface area contributed by atoms with E-state index in [0.717, 1.165) is 6.54 Å². The van der Waals surface area contributed by atoms with E-state index < -0.39 is 0 Å². The zero-order valence-corrected chi connectivity index (χ0v) is 9.99. The molecule has 0 spiro atoms. The van der Waals surface area contributed by atoms with Crippen LogP contribution in [-0.2, 0) is 4.74 Å². The van der Waals surface area contributed by atoms with Crippen LogP contribution in [0.15, 0.2) is 0 Å². The largest absolute Gasteiger partial charge is 0.380 e. The number of ether oxygens (including phenoxy) is 1. The van der Waals surface area contributed by atoms with Crippen LogP contribution in [0, 0.1) is 0 Å². The molecule has 0 bridgehead atoms. The molecule has 14 heavy (non-hydrogen) atoms. The van der Waals surface area contributed by atoms with Crippen molar-refractivity contribution in [3.05, 3.63) is 0 Å². The lowest BCUT2D eigenvalue weighted by atomic mass is 10.2. The van der Waals surface area contributed by atoms with Gasteiger partial charge in [0.1, 0.15) is 0 Å². The van der Waals surface area contributed by atoms with E-state index in [9.17, 15) is 0 Å². The number of rotatable bonds is 4. The van der Waals surface area contributed by atoms with Crippen molar-refractivity contribution in [3.8, 4) is 0 Å². The molecule has 84 valence electrons. The van der Waals surface area contributed by atoms with Crippen molar-refractivity contribution >= 4 is 0 Å². The van der Waals surface area contributed by atoms with E-state index in [0.29, 0.717) is 12.1 Å². The first-order valence-electron chi connectivity index (χ1n) is 5.62. The number of methoxy groups -OCH3 is 1. The summed E-state index contributed by atoms with van der Waals surface area (Å²) in [5.74, 6) is 0.